The summed E-state index contributed by atoms with van der Waals surface area (Å²) in [7, 11) is 0. The Morgan fingerprint density at radius 3 is 2.59 bits per heavy atom. The minimum absolute atomic E-state index is 0.0975. The number of aromatic nitrogens is 3. The third-order valence-electron chi connectivity index (χ3n) is 5.32. The van der Waals surface area contributed by atoms with Crippen LogP contribution in [0.15, 0.2) is 48.5 Å². The Bertz CT molecular complexity index is 1200. The summed E-state index contributed by atoms with van der Waals surface area (Å²) in [4.78, 5) is 17.8. The molecule has 0 radical (unpaired) electrons. The zero-order valence-corrected chi connectivity index (χ0v) is 17.5. The van der Waals surface area contributed by atoms with E-state index in [1.54, 1.807) is 11.3 Å². The predicted molar refractivity (Wildman–Crippen MR) is 118 cm³/mol. The molecule has 2 aromatic heterocycles. The number of carbonyl (C=O) groups excluding carboxylic acids is 1. The van der Waals surface area contributed by atoms with Gasteiger partial charge in [-0.1, -0.05) is 55.0 Å². The van der Waals surface area contributed by atoms with Crippen LogP contribution in [0.3, 0.4) is 0 Å². The van der Waals surface area contributed by atoms with E-state index in [-0.39, 0.29) is 11.2 Å². The lowest BCUT2D eigenvalue weighted by Crippen LogP contribution is -2.28. The summed E-state index contributed by atoms with van der Waals surface area (Å²) in [6.07, 6.45) is 1.31. The third kappa shape index (κ3) is 3.23. The Morgan fingerprint density at radius 2 is 1.83 bits per heavy atom. The van der Waals surface area contributed by atoms with E-state index >= 15 is 0 Å². The van der Waals surface area contributed by atoms with Gasteiger partial charge < -0.3 is 5.32 Å². The molecular formula is C23H22N4OS. The van der Waals surface area contributed by atoms with Gasteiger partial charge in [-0.3, -0.25) is 4.79 Å². The second-order valence-electron chi connectivity index (χ2n) is 8.48. The Labute approximate surface area is 173 Å². The molecule has 0 spiro atoms. The van der Waals surface area contributed by atoms with E-state index < -0.39 is 0 Å². The fourth-order valence-corrected chi connectivity index (χ4v) is 4.86. The van der Waals surface area contributed by atoms with E-state index in [4.69, 9.17) is 10.1 Å². The molecule has 4 aromatic rings. The molecule has 146 valence electrons. The molecule has 6 heteroatoms. The zero-order chi connectivity index (χ0) is 20.2. The Kier molecular flexibility index (Phi) is 4.06. The summed E-state index contributed by atoms with van der Waals surface area (Å²) < 4.78 is 2.98. The van der Waals surface area contributed by atoms with Gasteiger partial charge in [-0.05, 0) is 43.0 Å². The first-order valence-electron chi connectivity index (χ1n) is 9.74. The smallest absolute Gasteiger partial charge is 0.211 e. The number of hydrogen-bond donors (Lipinski definition) is 1. The molecule has 0 atom stereocenters. The van der Waals surface area contributed by atoms with E-state index in [2.05, 4.69) is 32.2 Å². The topological polar surface area (TPSA) is 59.8 Å². The number of para-hydroxylation sites is 1. The SMILES string of the molecule is Cc1ccc(Nc2nn(-c3nc4ccccc4s3)c3c2C(=O)CC(C)(C)C3)cc1. The molecule has 0 unspecified atom stereocenters. The van der Waals surface area contributed by atoms with Crippen molar-refractivity contribution in [1.29, 1.82) is 0 Å². The minimum atomic E-state index is -0.0975. The summed E-state index contributed by atoms with van der Waals surface area (Å²) in [5, 5.41) is 8.98. The number of nitrogens with one attached hydrogen (secondary N) is 1. The molecule has 5 rings (SSSR count). The van der Waals surface area contributed by atoms with Crippen LogP contribution in [0.25, 0.3) is 15.3 Å². The van der Waals surface area contributed by atoms with E-state index in [0.29, 0.717) is 17.8 Å². The lowest BCUT2D eigenvalue weighted by molar-refractivity contribution is 0.0912. The minimum Gasteiger partial charge on any atom is -0.338 e. The molecule has 0 saturated carbocycles. The van der Waals surface area contributed by atoms with E-state index in [1.165, 1.54) is 5.56 Å². The molecule has 0 saturated heterocycles. The van der Waals surface area contributed by atoms with E-state index in [0.717, 1.165) is 33.2 Å². The first kappa shape index (κ1) is 18.1. The number of thiazole rings is 1. The van der Waals surface area contributed by atoms with Crippen molar-refractivity contribution in [2.75, 3.05) is 5.32 Å². The van der Waals surface area contributed by atoms with Crippen molar-refractivity contribution in [2.45, 2.75) is 33.6 Å². The van der Waals surface area contributed by atoms with Crippen molar-refractivity contribution in [2.24, 2.45) is 5.41 Å². The monoisotopic (exact) mass is 402 g/mol. The number of fused-ring (bicyclic) bond motifs is 2. The van der Waals surface area contributed by atoms with Crippen LogP contribution in [0.1, 0.15) is 41.9 Å². The normalized spacial score (nSPS) is 15.5. The van der Waals surface area contributed by atoms with Crippen LogP contribution < -0.4 is 5.32 Å². The van der Waals surface area contributed by atoms with Crippen LogP contribution in [0.5, 0.6) is 0 Å². The lowest BCUT2D eigenvalue weighted by Gasteiger charge is -2.28. The number of carbonyl (C=O) groups is 1. The highest BCUT2D eigenvalue weighted by molar-refractivity contribution is 7.20. The van der Waals surface area contributed by atoms with Crippen LogP contribution in [0, 0.1) is 12.3 Å². The second kappa shape index (κ2) is 6.52. The fourth-order valence-electron chi connectivity index (χ4n) is 3.92. The van der Waals surface area contributed by atoms with Gasteiger partial charge in [0.15, 0.2) is 11.6 Å². The average molecular weight is 403 g/mol. The molecule has 1 N–H and O–H groups in total. The van der Waals surface area contributed by atoms with Gasteiger partial charge in [0.1, 0.15) is 0 Å². The predicted octanol–water partition coefficient (Wildman–Crippen LogP) is 5.69. The maximum absolute atomic E-state index is 13.1. The molecule has 1 aliphatic rings. The number of aryl methyl sites for hydroxylation is 1. The molecule has 2 heterocycles. The van der Waals surface area contributed by atoms with Crippen LogP contribution in [0.2, 0.25) is 0 Å². The van der Waals surface area contributed by atoms with Gasteiger partial charge in [0.25, 0.3) is 0 Å². The second-order valence-corrected chi connectivity index (χ2v) is 9.49. The van der Waals surface area contributed by atoms with Crippen LogP contribution >= 0.6 is 11.3 Å². The van der Waals surface area contributed by atoms with Gasteiger partial charge in [-0.25, -0.2) is 9.67 Å². The number of anilines is 2. The maximum Gasteiger partial charge on any atom is 0.211 e. The molecule has 5 nitrogen and oxygen atoms in total. The van der Waals surface area contributed by atoms with Crippen LogP contribution in [-0.2, 0) is 6.42 Å². The first-order chi connectivity index (χ1) is 13.9. The molecule has 29 heavy (non-hydrogen) atoms. The fraction of sp³-hybridized carbons (Fsp3) is 0.261. The van der Waals surface area contributed by atoms with Gasteiger partial charge in [0, 0.05) is 12.1 Å². The zero-order valence-electron chi connectivity index (χ0n) is 16.7. The number of Topliss-reactive ketones (excluding diaryl/α,β-unsaturated/α-hetero) is 1. The molecule has 0 amide bonds. The molecule has 1 aliphatic carbocycles. The van der Waals surface area contributed by atoms with E-state index in [1.807, 2.05) is 47.1 Å². The number of benzene rings is 2. The standard InChI is InChI=1S/C23H22N4OS/c1-14-8-10-15(11-9-14)24-21-20-17(12-23(2,3)13-18(20)28)27(26-21)22-25-16-6-4-5-7-19(16)29-22/h4-11H,12-13H2,1-3H3,(H,24,26). The summed E-state index contributed by atoms with van der Waals surface area (Å²) in [5.74, 6) is 0.752. The maximum atomic E-state index is 13.1. The highest BCUT2D eigenvalue weighted by Crippen LogP contribution is 2.40. The summed E-state index contributed by atoms with van der Waals surface area (Å²) in [6, 6.07) is 16.2. The lowest BCUT2D eigenvalue weighted by atomic mass is 9.76. The van der Waals surface area contributed by atoms with Crippen molar-refractivity contribution in [3.05, 3.63) is 65.4 Å². The van der Waals surface area contributed by atoms with Gasteiger partial charge in [-0.2, -0.15) is 0 Å². The van der Waals surface area contributed by atoms with Crippen LogP contribution in [-0.4, -0.2) is 20.5 Å². The van der Waals surface area contributed by atoms with Crippen LogP contribution in [0.4, 0.5) is 11.5 Å². The molecule has 0 fully saturated rings. The highest BCUT2D eigenvalue weighted by atomic mass is 32.1. The van der Waals surface area contributed by atoms with Crippen molar-refractivity contribution in [3.8, 4) is 5.13 Å². The number of nitrogens with zero attached hydrogens (tertiary/aromatic N) is 3. The largest absolute Gasteiger partial charge is 0.338 e. The van der Waals surface area contributed by atoms with Gasteiger partial charge in [0.2, 0.25) is 5.13 Å². The molecule has 0 aliphatic heterocycles. The average Bonchev–Trinajstić information content (AvgIpc) is 3.24. The Balaban J connectivity index is 1.66. The highest BCUT2D eigenvalue weighted by Gasteiger charge is 2.37. The van der Waals surface area contributed by atoms with Crippen molar-refractivity contribution in [3.63, 3.8) is 0 Å². The number of ketones is 1. The number of rotatable bonds is 3. The molecular weight excluding hydrogens is 380 g/mol. The van der Waals surface area contributed by atoms with Gasteiger partial charge in [-0.15, -0.1) is 5.10 Å². The van der Waals surface area contributed by atoms with Crippen molar-refractivity contribution < 1.29 is 4.79 Å². The van der Waals surface area contributed by atoms with Gasteiger partial charge in [0.05, 0.1) is 21.5 Å². The third-order valence-corrected chi connectivity index (χ3v) is 6.34. The summed E-state index contributed by atoms with van der Waals surface area (Å²) in [6.45, 7) is 6.33. The van der Waals surface area contributed by atoms with Gasteiger partial charge >= 0.3 is 0 Å². The molecule has 0 bridgehead atoms. The Morgan fingerprint density at radius 1 is 1.07 bits per heavy atom. The first-order valence-corrected chi connectivity index (χ1v) is 10.6. The van der Waals surface area contributed by atoms with Crippen molar-refractivity contribution in [1.82, 2.24) is 14.8 Å². The number of hydrogen-bond acceptors (Lipinski definition) is 5. The summed E-state index contributed by atoms with van der Waals surface area (Å²) in [5.41, 5.74) is 4.61. The molecule has 2 aromatic carbocycles. The summed E-state index contributed by atoms with van der Waals surface area (Å²) >= 11 is 1.60. The van der Waals surface area contributed by atoms with E-state index in [9.17, 15) is 4.79 Å². The quantitative estimate of drug-likeness (QED) is 0.478. The Hall–Kier alpha value is -2.99. The van der Waals surface area contributed by atoms with Crippen molar-refractivity contribution >= 4 is 38.8 Å².